The summed E-state index contributed by atoms with van der Waals surface area (Å²) in [5.74, 6) is 0.991. The van der Waals surface area contributed by atoms with E-state index in [1.807, 2.05) is 30.3 Å². The van der Waals surface area contributed by atoms with Crippen LogP contribution in [0, 0.1) is 0 Å². The van der Waals surface area contributed by atoms with E-state index in [1.165, 1.54) is 5.56 Å². The summed E-state index contributed by atoms with van der Waals surface area (Å²) in [6, 6.07) is 8.03. The summed E-state index contributed by atoms with van der Waals surface area (Å²) < 4.78 is 5.34. The maximum Gasteiger partial charge on any atom is 0.126 e. The minimum Gasteiger partial charge on any atom is -0.489 e. The van der Waals surface area contributed by atoms with Crippen LogP contribution in [-0.2, 0) is 21.1 Å². The molecule has 0 aromatic heterocycles. The fourth-order valence-electron chi connectivity index (χ4n) is 1.06. The molecule has 0 saturated heterocycles. The van der Waals surface area contributed by atoms with Crippen molar-refractivity contribution in [2.24, 2.45) is 0 Å². The summed E-state index contributed by atoms with van der Waals surface area (Å²) in [6.45, 7) is 0.705. The number of para-hydroxylation sites is 1. The topological polar surface area (TPSA) is 9.23 Å². The van der Waals surface area contributed by atoms with Crippen molar-refractivity contribution < 1.29 is 25.8 Å². The Morgan fingerprint density at radius 1 is 1.17 bits per heavy atom. The van der Waals surface area contributed by atoms with Gasteiger partial charge in [-0.05, 0) is 12.1 Å². The maximum atomic E-state index is 5.34. The van der Waals surface area contributed by atoms with Crippen LogP contribution in [0.1, 0.15) is 13.0 Å². The molecule has 0 saturated carbocycles. The summed E-state index contributed by atoms with van der Waals surface area (Å²) in [4.78, 5) is 0. The first-order valence-corrected chi connectivity index (χ1v) is 3.35. The van der Waals surface area contributed by atoms with E-state index in [9.17, 15) is 0 Å². The minimum atomic E-state index is 0. The number of ether oxygens (including phenoxy) is 1. The molecule has 0 N–H and O–H groups in total. The molecule has 1 nitrogen and oxygen atoms in total. The van der Waals surface area contributed by atoms with E-state index in [0.717, 1.165) is 5.75 Å². The summed E-state index contributed by atoms with van der Waals surface area (Å²) in [6.07, 6.45) is 4.10. The Morgan fingerprint density at radius 3 is 2.67 bits per heavy atom. The second kappa shape index (κ2) is 5.16. The van der Waals surface area contributed by atoms with Gasteiger partial charge in [-0.15, -0.1) is 0 Å². The Labute approximate surface area is 87.7 Å². The molecule has 0 bridgehead atoms. The summed E-state index contributed by atoms with van der Waals surface area (Å²) in [5.41, 5.74) is 1.17. The van der Waals surface area contributed by atoms with E-state index in [0.29, 0.717) is 6.61 Å². The molecule has 0 spiro atoms. The van der Waals surface area contributed by atoms with Gasteiger partial charge in [-0.25, -0.2) is 0 Å². The van der Waals surface area contributed by atoms with Crippen molar-refractivity contribution in [1.82, 2.24) is 0 Å². The molecular weight excluding hydrogens is 232 g/mol. The number of hydrogen-bond donors (Lipinski definition) is 0. The SMILES string of the molecule is C.C1=Cc2ccccc2OC1.[Mo]. The molecule has 1 aliphatic heterocycles. The molecule has 0 atom stereocenters. The van der Waals surface area contributed by atoms with Gasteiger partial charge >= 0.3 is 0 Å². The minimum absolute atomic E-state index is 0. The molecule has 2 rings (SSSR count). The molecule has 0 amide bonds. The second-order valence-corrected chi connectivity index (χ2v) is 2.25. The first-order valence-electron chi connectivity index (χ1n) is 3.35. The van der Waals surface area contributed by atoms with Crippen LogP contribution in [-0.4, -0.2) is 6.61 Å². The van der Waals surface area contributed by atoms with E-state index < -0.39 is 0 Å². The molecule has 1 heterocycles. The van der Waals surface area contributed by atoms with Gasteiger partial charge in [-0.3, -0.25) is 0 Å². The number of rotatable bonds is 0. The average Bonchev–Trinajstić information content (AvgIpc) is 2.05. The third-order valence-electron chi connectivity index (χ3n) is 1.55. The number of fused-ring (bicyclic) bond motifs is 1. The van der Waals surface area contributed by atoms with Crippen LogP contribution in [0.15, 0.2) is 30.3 Å². The zero-order valence-electron chi connectivity index (χ0n) is 5.99. The van der Waals surface area contributed by atoms with Crippen molar-refractivity contribution >= 4 is 6.08 Å². The molecule has 64 valence electrons. The van der Waals surface area contributed by atoms with Gasteiger partial charge in [-0.2, -0.15) is 0 Å². The number of hydrogen-bond acceptors (Lipinski definition) is 1. The van der Waals surface area contributed by atoms with E-state index in [4.69, 9.17) is 4.74 Å². The van der Waals surface area contributed by atoms with Crippen LogP contribution in [0.3, 0.4) is 0 Å². The zero-order chi connectivity index (χ0) is 6.81. The Kier molecular flexibility index (Phi) is 4.92. The molecule has 1 aromatic rings. The van der Waals surface area contributed by atoms with Crippen LogP contribution < -0.4 is 4.74 Å². The largest absolute Gasteiger partial charge is 0.489 e. The van der Waals surface area contributed by atoms with E-state index in [-0.39, 0.29) is 28.5 Å². The van der Waals surface area contributed by atoms with Crippen LogP contribution in [0.5, 0.6) is 5.75 Å². The Morgan fingerprint density at radius 2 is 1.92 bits per heavy atom. The van der Waals surface area contributed by atoms with Crippen molar-refractivity contribution in [3.05, 3.63) is 35.9 Å². The molecule has 1 aliphatic rings. The van der Waals surface area contributed by atoms with Gasteiger partial charge in [0.1, 0.15) is 12.4 Å². The van der Waals surface area contributed by atoms with Crippen LogP contribution in [0.4, 0.5) is 0 Å². The second-order valence-electron chi connectivity index (χ2n) is 2.25. The van der Waals surface area contributed by atoms with Crippen LogP contribution >= 0.6 is 0 Å². The molecule has 1 aromatic carbocycles. The summed E-state index contributed by atoms with van der Waals surface area (Å²) in [7, 11) is 0. The third-order valence-corrected chi connectivity index (χ3v) is 1.55. The predicted octanol–water partition coefficient (Wildman–Crippen LogP) is 2.73. The predicted molar refractivity (Wildman–Crippen MR) is 47.7 cm³/mol. The molecule has 0 fully saturated rings. The Bertz CT molecular complexity index is 268. The maximum absolute atomic E-state index is 5.34. The van der Waals surface area contributed by atoms with Gasteiger partial charge in [0.2, 0.25) is 0 Å². The van der Waals surface area contributed by atoms with Crippen LogP contribution in [0.25, 0.3) is 6.08 Å². The van der Waals surface area contributed by atoms with Gasteiger partial charge in [-0.1, -0.05) is 31.7 Å². The molecule has 0 unspecified atom stereocenters. The molecular formula is C10H12MoO. The normalized spacial score (nSPS) is 11.7. The first-order chi connectivity index (χ1) is 4.97. The van der Waals surface area contributed by atoms with Gasteiger partial charge < -0.3 is 4.74 Å². The van der Waals surface area contributed by atoms with E-state index in [2.05, 4.69) is 6.08 Å². The van der Waals surface area contributed by atoms with Crippen LogP contribution in [0.2, 0.25) is 0 Å². The summed E-state index contributed by atoms with van der Waals surface area (Å²) in [5, 5.41) is 0. The fourth-order valence-corrected chi connectivity index (χ4v) is 1.06. The molecule has 12 heavy (non-hydrogen) atoms. The van der Waals surface area contributed by atoms with Crippen molar-refractivity contribution in [2.75, 3.05) is 6.61 Å². The average molecular weight is 244 g/mol. The van der Waals surface area contributed by atoms with Gasteiger partial charge in [0.25, 0.3) is 0 Å². The van der Waals surface area contributed by atoms with Gasteiger partial charge in [0.05, 0.1) is 0 Å². The van der Waals surface area contributed by atoms with Crippen molar-refractivity contribution in [3.8, 4) is 5.75 Å². The smallest absolute Gasteiger partial charge is 0.126 e. The monoisotopic (exact) mass is 246 g/mol. The Balaban J connectivity index is 0.000000605. The first kappa shape index (κ1) is 11.4. The summed E-state index contributed by atoms with van der Waals surface area (Å²) >= 11 is 0. The molecule has 2 heteroatoms. The molecule has 0 aliphatic carbocycles. The fraction of sp³-hybridized carbons (Fsp3) is 0.200. The zero-order valence-corrected chi connectivity index (χ0v) is 7.99. The quantitative estimate of drug-likeness (QED) is 0.637. The standard InChI is InChI=1S/C9H8O.CH4.Mo/c1-2-6-9-8(4-1)5-3-7-10-9;;/h1-6H,7H2;1H4;. The van der Waals surface area contributed by atoms with E-state index >= 15 is 0 Å². The van der Waals surface area contributed by atoms with Gasteiger partial charge in [0.15, 0.2) is 0 Å². The van der Waals surface area contributed by atoms with E-state index in [1.54, 1.807) is 0 Å². The Hall–Kier alpha value is -0.552. The molecule has 0 radical (unpaired) electrons. The van der Waals surface area contributed by atoms with Crippen molar-refractivity contribution in [1.29, 1.82) is 0 Å². The van der Waals surface area contributed by atoms with Crippen molar-refractivity contribution in [2.45, 2.75) is 7.43 Å². The number of benzene rings is 1. The van der Waals surface area contributed by atoms with Gasteiger partial charge in [0, 0.05) is 26.6 Å². The third kappa shape index (κ3) is 2.22. The van der Waals surface area contributed by atoms with Crippen molar-refractivity contribution in [3.63, 3.8) is 0 Å².